The number of ether oxygens (including phenoxy) is 2. The third-order valence-corrected chi connectivity index (χ3v) is 12.1. The average Bonchev–Trinajstić information content (AvgIpc) is 3.78. The van der Waals surface area contributed by atoms with E-state index in [1.165, 1.54) is 0 Å². The minimum Gasteiger partial charge on any atom is -0.482 e. The van der Waals surface area contributed by atoms with Gasteiger partial charge in [0.05, 0.1) is 33.6 Å². The summed E-state index contributed by atoms with van der Waals surface area (Å²) in [5, 5.41) is 40.2. The molecule has 0 unspecified atom stereocenters. The Balaban J connectivity index is 1.02. The molecular weight excluding hydrogens is 791 g/mol. The van der Waals surface area contributed by atoms with E-state index in [0.717, 1.165) is 11.1 Å². The number of likely N-dealkylation sites (tertiary alicyclic amines) is 2. The highest BCUT2D eigenvalue weighted by Gasteiger charge is 2.38. The summed E-state index contributed by atoms with van der Waals surface area (Å²) < 4.78 is 11.7. The van der Waals surface area contributed by atoms with Crippen LogP contribution in [0.15, 0.2) is 72.8 Å². The highest BCUT2D eigenvalue weighted by atomic mass is 35.5. The molecule has 2 fully saturated rings. The monoisotopic (exact) mass is 830 g/mol. The Hall–Kier alpha value is -5.22. The second-order valence-electron chi connectivity index (χ2n) is 14.8. The highest BCUT2D eigenvalue weighted by molar-refractivity contribution is 6.39. The predicted molar refractivity (Wildman–Crippen MR) is 216 cm³/mol. The van der Waals surface area contributed by atoms with E-state index >= 15 is 0 Å². The number of anilines is 2. The molecular formula is C42H40Cl2N4O10. The Morgan fingerprint density at radius 2 is 1.00 bits per heavy atom. The molecule has 8 rings (SSSR count). The first-order valence-corrected chi connectivity index (χ1v) is 19.7. The number of hydrogen-bond acceptors (Lipinski definition) is 10. The summed E-state index contributed by atoms with van der Waals surface area (Å²) in [5.41, 5.74) is 5.35. The van der Waals surface area contributed by atoms with Crippen molar-refractivity contribution in [3.63, 3.8) is 0 Å². The second-order valence-corrected chi connectivity index (χ2v) is 15.6. The summed E-state index contributed by atoms with van der Waals surface area (Å²) in [4.78, 5) is 55.9. The Labute approximate surface area is 343 Å². The van der Waals surface area contributed by atoms with E-state index in [1.807, 2.05) is 60.7 Å². The molecule has 2 saturated heterocycles. The van der Waals surface area contributed by atoms with Gasteiger partial charge in [-0.1, -0.05) is 71.7 Å². The zero-order valence-corrected chi connectivity index (χ0v) is 32.6. The van der Waals surface area contributed by atoms with Crippen LogP contribution in [0.1, 0.15) is 12.8 Å². The maximum Gasteiger partial charge on any atom is 0.321 e. The smallest absolute Gasteiger partial charge is 0.321 e. The number of aliphatic carboxylic acids is 2. The van der Waals surface area contributed by atoms with Gasteiger partial charge in [0.1, 0.15) is 23.6 Å². The van der Waals surface area contributed by atoms with E-state index in [2.05, 4.69) is 0 Å². The summed E-state index contributed by atoms with van der Waals surface area (Å²) in [7, 11) is 0. The van der Waals surface area contributed by atoms with Crippen molar-refractivity contribution in [1.82, 2.24) is 9.80 Å². The molecule has 58 heavy (non-hydrogen) atoms. The number of halogens is 2. The molecule has 0 radical (unpaired) electrons. The van der Waals surface area contributed by atoms with E-state index in [0.29, 0.717) is 55.2 Å². The van der Waals surface area contributed by atoms with Crippen molar-refractivity contribution in [3.8, 4) is 44.9 Å². The molecule has 4 atom stereocenters. The summed E-state index contributed by atoms with van der Waals surface area (Å²) in [6.45, 7) is 1.06. The van der Waals surface area contributed by atoms with E-state index in [1.54, 1.807) is 31.7 Å². The van der Waals surface area contributed by atoms with Gasteiger partial charge < -0.3 is 39.7 Å². The largest absolute Gasteiger partial charge is 0.482 e. The third kappa shape index (κ3) is 7.59. The number of hydrogen-bond donors (Lipinski definition) is 4. The second kappa shape index (κ2) is 16.2. The first-order chi connectivity index (χ1) is 27.9. The van der Waals surface area contributed by atoms with Gasteiger partial charge >= 0.3 is 11.9 Å². The minimum absolute atomic E-state index is 0.139. The van der Waals surface area contributed by atoms with Crippen molar-refractivity contribution < 1.29 is 49.1 Å². The summed E-state index contributed by atoms with van der Waals surface area (Å²) >= 11 is 14.3. The number of carbonyl (C=O) groups excluding carboxylic acids is 2. The van der Waals surface area contributed by atoms with E-state index in [-0.39, 0.29) is 77.1 Å². The quantitative estimate of drug-likeness (QED) is 0.167. The molecule has 4 aromatic rings. The highest BCUT2D eigenvalue weighted by Crippen LogP contribution is 2.45. The first-order valence-electron chi connectivity index (χ1n) is 18.9. The van der Waals surface area contributed by atoms with Crippen LogP contribution in [0.2, 0.25) is 10.0 Å². The van der Waals surface area contributed by atoms with Crippen LogP contribution in [0.25, 0.3) is 33.4 Å². The van der Waals surface area contributed by atoms with Crippen molar-refractivity contribution >= 4 is 58.3 Å². The number of fused-ring (bicyclic) bond motifs is 2. The molecule has 4 heterocycles. The van der Waals surface area contributed by atoms with Crippen LogP contribution in [0.3, 0.4) is 0 Å². The molecule has 14 nitrogen and oxygen atoms in total. The molecule has 4 aliphatic rings. The molecule has 0 aliphatic carbocycles. The van der Waals surface area contributed by atoms with Gasteiger partial charge in [-0.15, -0.1) is 0 Å². The van der Waals surface area contributed by atoms with Gasteiger partial charge in [0.2, 0.25) is 0 Å². The lowest BCUT2D eigenvalue weighted by atomic mass is 9.95. The van der Waals surface area contributed by atoms with E-state index < -0.39 is 36.2 Å². The average molecular weight is 832 g/mol. The van der Waals surface area contributed by atoms with Crippen LogP contribution in [-0.2, 0) is 19.2 Å². The lowest BCUT2D eigenvalue weighted by Gasteiger charge is -2.32. The van der Waals surface area contributed by atoms with Gasteiger partial charge in [0.15, 0.2) is 13.2 Å². The molecule has 16 heteroatoms. The van der Waals surface area contributed by atoms with E-state index in [4.69, 9.17) is 32.7 Å². The summed E-state index contributed by atoms with van der Waals surface area (Å²) in [5.74, 6) is -1.57. The van der Waals surface area contributed by atoms with Crippen LogP contribution >= 0.6 is 23.2 Å². The van der Waals surface area contributed by atoms with Crippen LogP contribution in [0.4, 0.5) is 11.4 Å². The minimum atomic E-state index is -1.01. The molecule has 0 bridgehead atoms. The fourth-order valence-corrected chi connectivity index (χ4v) is 9.06. The molecule has 0 saturated carbocycles. The number of carboxylic acids is 2. The Kier molecular flexibility index (Phi) is 11.1. The predicted octanol–water partition coefficient (Wildman–Crippen LogP) is 4.48. The maximum atomic E-state index is 13.0. The topological polar surface area (TPSA) is 181 Å². The molecule has 302 valence electrons. The maximum absolute atomic E-state index is 13.0. The number of β-amino-alcohol motifs (C(OH)–C–C–N with tert-alkyl or cyclic N) is 2. The normalized spacial score (nSPS) is 22.1. The van der Waals surface area contributed by atoms with Gasteiger partial charge in [0, 0.05) is 74.4 Å². The number of amides is 2. The fourth-order valence-electron chi connectivity index (χ4n) is 8.38. The fraction of sp³-hybridized carbons (Fsp3) is 0.333. The van der Waals surface area contributed by atoms with Crippen molar-refractivity contribution in [2.24, 2.45) is 0 Å². The summed E-state index contributed by atoms with van der Waals surface area (Å²) in [6, 6.07) is 20.5. The summed E-state index contributed by atoms with van der Waals surface area (Å²) in [6.07, 6.45) is -1.20. The number of carboxylic acid groups (broad SMARTS) is 2. The molecule has 0 aromatic heterocycles. The number of aliphatic hydroxyl groups excluding tert-OH is 2. The number of benzene rings is 4. The number of aliphatic hydroxyl groups is 2. The molecule has 0 spiro atoms. The van der Waals surface area contributed by atoms with Crippen molar-refractivity contribution in [1.29, 1.82) is 0 Å². The number of nitrogens with zero attached hydrogens (tertiary/aromatic N) is 4. The Morgan fingerprint density at radius 1 is 0.603 bits per heavy atom. The zero-order valence-electron chi connectivity index (χ0n) is 31.1. The number of carbonyl (C=O) groups is 4. The molecule has 4 aromatic carbocycles. The van der Waals surface area contributed by atoms with Gasteiger partial charge in [-0.2, -0.15) is 0 Å². The lowest BCUT2D eigenvalue weighted by molar-refractivity contribution is -0.143. The van der Waals surface area contributed by atoms with Crippen LogP contribution in [0.5, 0.6) is 11.5 Å². The Bertz CT molecular complexity index is 2150. The van der Waals surface area contributed by atoms with Crippen LogP contribution in [0, 0.1) is 0 Å². The van der Waals surface area contributed by atoms with Gasteiger partial charge in [-0.25, -0.2) is 0 Å². The van der Waals surface area contributed by atoms with Crippen molar-refractivity contribution in [3.05, 3.63) is 82.8 Å². The SMILES string of the molecule is O=C(O)[C@H]1C[C@@H](O)CN1CCN1C(=O)COc2cc(-c3cccc(-c4cccc(-c5ccc6c(c5)OCC(=O)N6CCN5C[C@H](O)C[C@@H]5C(=O)O)c4Cl)c3Cl)ccc21. The molecule has 4 N–H and O–H groups in total. The van der Waals surface area contributed by atoms with Gasteiger partial charge in [-0.3, -0.25) is 29.0 Å². The molecule has 2 amide bonds. The zero-order chi connectivity index (χ0) is 40.8. The van der Waals surface area contributed by atoms with Crippen LogP contribution < -0.4 is 19.3 Å². The van der Waals surface area contributed by atoms with Crippen LogP contribution in [-0.4, -0.2) is 131 Å². The first kappa shape index (κ1) is 39.6. The molecule has 4 aliphatic heterocycles. The van der Waals surface area contributed by atoms with Crippen molar-refractivity contribution in [2.45, 2.75) is 37.1 Å². The standard InChI is InChI=1S/C42H40Cl2N4O10/c43-39-27(23-7-9-31-35(15-23)57-21-37(51)47(31)13-11-45-19-25(49)17-33(45)41(53)54)3-1-5-29(39)30-6-2-4-28(40(30)44)24-8-10-32-36(16-24)58-22-38(52)48(32)14-12-46-20-26(50)18-34(46)42(55)56/h1-10,15-16,25-26,33-34,49-50H,11-14,17-22H2,(H,53,54)(H,55,56)/t25-,26-,33-,34-/m1/s1. The van der Waals surface area contributed by atoms with Gasteiger partial charge in [0.25, 0.3) is 11.8 Å². The Morgan fingerprint density at radius 3 is 1.40 bits per heavy atom. The van der Waals surface area contributed by atoms with Crippen molar-refractivity contribution in [2.75, 3.05) is 62.3 Å². The number of rotatable bonds is 11. The van der Waals surface area contributed by atoms with Gasteiger partial charge in [-0.05, 0) is 35.4 Å². The third-order valence-electron chi connectivity index (χ3n) is 11.3. The van der Waals surface area contributed by atoms with E-state index in [9.17, 15) is 39.6 Å². The lowest BCUT2D eigenvalue weighted by Crippen LogP contribution is -2.45.